The van der Waals surface area contributed by atoms with Crippen molar-refractivity contribution >= 4 is 28.9 Å². The third-order valence-electron chi connectivity index (χ3n) is 5.23. The monoisotopic (exact) mass is 425 g/mol. The second-order valence-corrected chi connectivity index (χ2v) is 7.51. The molecule has 2 aromatic rings. The highest BCUT2D eigenvalue weighted by Crippen LogP contribution is 2.30. The molecule has 0 radical (unpaired) electrons. The molecule has 0 aliphatic carbocycles. The fourth-order valence-electron chi connectivity index (χ4n) is 3.44. The number of anilines is 2. The molecule has 3 rings (SSSR count). The van der Waals surface area contributed by atoms with Crippen molar-refractivity contribution in [2.24, 2.45) is 0 Å². The maximum absolute atomic E-state index is 12.8. The third kappa shape index (κ3) is 5.37. The Kier molecular flexibility index (Phi) is 7.19. The van der Waals surface area contributed by atoms with Crippen molar-refractivity contribution in [1.82, 2.24) is 10.2 Å². The highest BCUT2D eigenvalue weighted by atomic mass is 16.6. The number of likely N-dealkylation sites (N-methyl/N-ethyl adjacent to an activating group) is 1. The molecule has 9 nitrogen and oxygen atoms in total. The van der Waals surface area contributed by atoms with E-state index in [0.717, 1.165) is 19.5 Å². The summed E-state index contributed by atoms with van der Waals surface area (Å²) >= 11 is 0. The predicted molar refractivity (Wildman–Crippen MR) is 120 cm³/mol. The molecule has 0 unspecified atom stereocenters. The first kappa shape index (κ1) is 22.2. The van der Waals surface area contributed by atoms with E-state index in [1.165, 1.54) is 6.07 Å². The van der Waals surface area contributed by atoms with E-state index < -0.39 is 10.8 Å². The van der Waals surface area contributed by atoms with Gasteiger partial charge in [-0.15, -0.1) is 0 Å². The minimum atomic E-state index is -0.510. The van der Waals surface area contributed by atoms with Gasteiger partial charge in [-0.2, -0.15) is 0 Å². The van der Waals surface area contributed by atoms with Crippen LogP contribution in [0.2, 0.25) is 0 Å². The van der Waals surface area contributed by atoms with Gasteiger partial charge in [-0.1, -0.05) is 19.1 Å². The number of carbonyl (C=O) groups is 2. The number of benzene rings is 2. The molecule has 0 atom stereocenters. The molecule has 0 bridgehead atoms. The van der Waals surface area contributed by atoms with Gasteiger partial charge in [0, 0.05) is 44.4 Å². The van der Waals surface area contributed by atoms with Gasteiger partial charge >= 0.3 is 0 Å². The van der Waals surface area contributed by atoms with Gasteiger partial charge in [0.1, 0.15) is 5.69 Å². The zero-order valence-corrected chi connectivity index (χ0v) is 17.8. The molecule has 2 N–H and O–H groups in total. The SMILES string of the molecule is CCCNC(=O)c1ccccc1NC(=O)c1ccc(N2CCN(C)CC2)c([N+](=O)[O-])c1. The first-order chi connectivity index (χ1) is 14.9. The Balaban J connectivity index is 1.82. The van der Waals surface area contributed by atoms with Crippen LogP contribution in [0.3, 0.4) is 0 Å². The topological polar surface area (TPSA) is 108 Å². The molecular weight excluding hydrogens is 398 g/mol. The molecule has 31 heavy (non-hydrogen) atoms. The van der Waals surface area contributed by atoms with Gasteiger partial charge in [-0.05, 0) is 37.7 Å². The van der Waals surface area contributed by atoms with Gasteiger partial charge < -0.3 is 20.4 Å². The second-order valence-electron chi connectivity index (χ2n) is 7.51. The molecule has 2 amide bonds. The van der Waals surface area contributed by atoms with Crippen LogP contribution in [0.25, 0.3) is 0 Å². The molecule has 9 heteroatoms. The van der Waals surface area contributed by atoms with E-state index in [4.69, 9.17) is 0 Å². The number of rotatable bonds is 7. The first-order valence-corrected chi connectivity index (χ1v) is 10.3. The van der Waals surface area contributed by atoms with Crippen molar-refractivity contribution in [3.8, 4) is 0 Å². The number of piperazine rings is 1. The summed E-state index contributed by atoms with van der Waals surface area (Å²) in [6, 6.07) is 11.2. The van der Waals surface area contributed by atoms with E-state index in [0.29, 0.717) is 36.6 Å². The first-order valence-electron chi connectivity index (χ1n) is 10.3. The molecule has 0 spiro atoms. The van der Waals surface area contributed by atoms with Crippen LogP contribution in [0.5, 0.6) is 0 Å². The molecule has 1 aliphatic heterocycles. The zero-order valence-electron chi connectivity index (χ0n) is 17.8. The third-order valence-corrected chi connectivity index (χ3v) is 5.23. The lowest BCUT2D eigenvalue weighted by Gasteiger charge is -2.33. The average molecular weight is 425 g/mol. The summed E-state index contributed by atoms with van der Waals surface area (Å²) in [5.74, 6) is -0.794. The van der Waals surface area contributed by atoms with Gasteiger partial charge in [0.2, 0.25) is 0 Å². The van der Waals surface area contributed by atoms with Crippen molar-refractivity contribution in [3.63, 3.8) is 0 Å². The normalized spacial score (nSPS) is 14.2. The minimum Gasteiger partial charge on any atom is -0.363 e. The molecular formula is C22H27N5O4. The fourth-order valence-corrected chi connectivity index (χ4v) is 3.44. The Bertz CT molecular complexity index is 970. The van der Waals surface area contributed by atoms with Crippen molar-refractivity contribution in [2.75, 3.05) is 50.0 Å². The standard InChI is InChI=1S/C22H27N5O4/c1-3-10-23-22(29)17-6-4-5-7-18(17)24-21(28)16-8-9-19(20(15-16)27(30)31)26-13-11-25(2)12-14-26/h4-9,15H,3,10-14H2,1-2H3,(H,23,29)(H,24,28). The van der Waals surface area contributed by atoms with E-state index in [2.05, 4.69) is 15.5 Å². The average Bonchev–Trinajstić information content (AvgIpc) is 2.78. The summed E-state index contributed by atoms with van der Waals surface area (Å²) in [7, 11) is 2.01. The molecule has 164 valence electrons. The van der Waals surface area contributed by atoms with Gasteiger partial charge in [-0.25, -0.2) is 0 Å². The van der Waals surface area contributed by atoms with Crippen LogP contribution in [0, 0.1) is 10.1 Å². The highest BCUT2D eigenvalue weighted by molar-refractivity contribution is 6.09. The van der Waals surface area contributed by atoms with Crippen molar-refractivity contribution in [3.05, 3.63) is 63.7 Å². The quantitative estimate of drug-likeness (QED) is 0.522. The number of nitrogens with one attached hydrogen (secondary N) is 2. The van der Waals surface area contributed by atoms with E-state index in [-0.39, 0.29) is 17.2 Å². The molecule has 0 aromatic heterocycles. The van der Waals surface area contributed by atoms with Crippen LogP contribution in [0.15, 0.2) is 42.5 Å². The molecule has 1 aliphatic rings. The van der Waals surface area contributed by atoms with Crippen LogP contribution >= 0.6 is 0 Å². The van der Waals surface area contributed by atoms with Crippen LogP contribution < -0.4 is 15.5 Å². The smallest absolute Gasteiger partial charge is 0.293 e. The Morgan fingerprint density at radius 3 is 2.45 bits per heavy atom. The fraction of sp³-hybridized carbons (Fsp3) is 0.364. The van der Waals surface area contributed by atoms with Crippen LogP contribution in [-0.2, 0) is 0 Å². The van der Waals surface area contributed by atoms with E-state index in [1.807, 2.05) is 18.9 Å². The number of hydrogen-bond acceptors (Lipinski definition) is 6. The Labute approximate surface area is 181 Å². The van der Waals surface area contributed by atoms with E-state index >= 15 is 0 Å². The summed E-state index contributed by atoms with van der Waals surface area (Å²) in [6.45, 7) is 5.48. The Morgan fingerprint density at radius 2 is 1.77 bits per heavy atom. The number of hydrogen-bond donors (Lipinski definition) is 2. The Morgan fingerprint density at radius 1 is 1.06 bits per heavy atom. The number of nitro benzene ring substituents is 1. The predicted octanol–water partition coefficient (Wildman–Crippen LogP) is 2.74. The molecule has 0 saturated carbocycles. The number of carbonyl (C=O) groups excluding carboxylic acids is 2. The molecule has 1 fully saturated rings. The zero-order chi connectivity index (χ0) is 22.4. The largest absolute Gasteiger partial charge is 0.363 e. The molecule has 1 heterocycles. The lowest BCUT2D eigenvalue weighted by atomic mass is 10.1. The summed E-state index contributed by atoms with van der Waals surface area (Å²) in [5.41, 5.74) is 1.26. The number of nitrogens with zero attached hydrogens (tertiary/aromatic N) is 3. The van der Waals surface area contributed by atoms with Crippen molar-refractivity contribution in [1.29, 1.82) is 0 Å². The maximum Gasteiger partial charge on any atom is 0.293 e. The van der Waals surface area contributed by atoms with Crippen LogP contribution in [0.4, 0.5) is 17.1 Å². The van der Waals surface area contributed by atoms with E-state index in [1.54, 1.807) is 36.4 Å². The Hall–Kier alpha value is -3.46. The lowest BCUT2D eigenvalue weighted by molar-refractivity contribution is -0.384. The molecule has 2 aromatic carbocycles. The van der Waals surface area contributed by atoms with Crippen LogP contribution in [-0.4, -0.2) is 61.4 Å². The number of amides is 2. The van der Waals surface area contributed by atoms with E-state index in [9.17, 15) is 19.7 Å². The van der Waals surface area contributed by atoms with Gasteiger partial charge in [0.25, 0.3) is 17.5 Å². The summed E-state index contributed by atoms with van der Waals surface area (Å²) in [5, 5.41) is 17.2. The van der Waals surface area contributed by atoms with Crippen LogP contribution in [0.1, 0.15) is 34.1 Å². The second kappa shape index (κ2) is 10.0. The number of para-hydroxylation sites is 1. The summed E-state index contributed by atoms with van der Waals surface area (Å²) in [4.78, 5) is 40.5. The van der Waals surface area contributed by atoms with Gasteiger partial charge in [-0.3, -0.25) is 19.7 Å². The summed E-state index contributed by atoms with van der Waals surface area (Å²) < 4.78 is 0. The van der Waals surface area contributed by atoms with Gasteiger partial charge in [0.05, 0.1) is 16.2 Å². The molecule has 1 saturated heterocycles. The van der Waals surface area contributed by atoms with Crippen molar-refractivity contribution < 1.29 is 14.5 Å². The lowest BCUT2D eigenvalue weighted by Crippen LogP contribution is -2.44. The number of nitro groups is 1. The van der Waals surface area contributed by atoms with Gasteiger partial charge in [0.15, 0.2) is 0 Å². The summed E-state index contributed by atoms with van der Waals surface area (Å²) in [6.07, 6.45) is 0.795. The van der Waals surface area contributed by atoms with Crippen molar-refractivity contribution in [2.45, 2.75) is 13.3 Å². The minimum absolute atomic E-state index is 0.105. The highest BCUT2D eigenvalue weighted by Gasteiger charge is 2.24. The maximum atomic E-state index is 12.8.